The fourth-order valence-electron chi connectivity index (χ4n) is 2.53. The second kappa shape index (κ2) is 6.06. The van der Waals surface area contributed by atoms with Crippen LogP contribution in [0.4, 0.5) is 0 Å². The van der Waals surface area contributed by atoms with Crippen molar-refractivity contribution in [2.45, 2.75) is 32.1 Å². The first-order valence-corrected chi connectivity index (χ1v) is 7.02. The lowest BCUT2D eigenvalue weighted by molar-refractivity contribution is 0.212. The van der Waals surface area contributed by atoms with Gasteiger partial charge in [-0.3, -0.25) is 4.90 Å². The number of hydrogen-bond acceptors (Lipinski definition) is 7. The number of piperidine rings is 1. The van der Waals surface area contributed by atoms with Crippen molar-refractivity contribution in [3.05, 3.63) is 23.4 Å². The maximum Gasteiger partial charge on any atom is 0.229 e. The van der Waals surface area contributed by atoms with E-state index >= 15 is 0 Å². The van der Waals surface area contributed by atoms with Crippen molar-refractivity contribution in [2.75, 3.05) is 19.6 Å². The van der Waals surface area contributed by atoms with E-state index < -0.39 is 0 Å². The van der Waals surface area contributed by atoms with E-state index in [0.29, 0.717) is 42.3 Å². The van der Waals surface area contributed by atoms with E-state index in [1.807, 2.05) is 0 Å². The number of aryl methyl sites for hydroxylation is 1. The third kappa shape index (κ3) is 3.28. The predicted molar refractivity (Wildman–Crippen MR) is 73.4 cm³/mol. The zero-order valence-electron chi connectivity index (χ0n) is 11.9. The van der Waals surface area contributed by atoms with E-state index in [1.54, 1.807) is 6.92 Å². The summed E-state index contributed by atoms with van der Waals surface area (Å²) in [5.41, 5.74) is 0. The van der Waals surface area contributed by atoms with Crippen molar-refractivity contribution < 1.29 is 9.05 Å². The molecule has 0 aromatic carbocycles. The van der Waals surface area contributed by atoms with Gasteiger partial charge < -0.3 is 9.05 Å². The Kier molecular flexibility index (Phi) is 3.97. The predicted octanol–water partition coefficient (Wildman–Crippen LogP) is 1.16. The SMILES string of the molecule is C#CCN1CCC(c2nc(Cc3noc(C)n3)no2)CC1. The zero-order valence-corrected chi connectivity index (χ0v) is 11.9. The molecule has 21 heavy (non-hydrogen) atoms. The Morgan fingerprint density at radius 2 is 1.90 bits per heavy atom. The topological polar surface area (TPSA) is 81.1 Å². The third-order valence-electron chi connectivity index (χ3n) is 3.62. The van der Waals surface area contributed by atoms with E-state index in [9.17, 15) is 0 Å². The molecule has 7 nitrogen and oxygen atoms in total. The number of rotatable bonds is 4. The smallest absolute Gasteiger partial charge is 0.229 e. The van der Waals surface area contributed by atoms with Gasteiger partial charge in [0.2, 0.25) is 11.8 Å². The second-order valence-electron chi connectivity index (χ2n) is 5.21. The summed E-state index contributed by atoms with van der Waals surface area (Å²) in [7, 11) is 0. The molecular formula is C14H17N5O2. The minimum Gasteiger partial charge on any atom is -0.340 e. The van der Waals surface area contributed by atoms with Crippen molar-refractivity contribution in [3.63, 3.8) is 0 Å². The maximum atomic E-state index is 5.37. The summed E-state index contributed by atoms with van der Waals surface area (Å²) in [6.45, 7) is 4.40. The van der Waals surface area contributed by atoms with Crippen molar-refractivity contribution in [2.24, 2.45) is 0 Å². The first-order valence-electron chi connectivity index (χ1n) is 7.02. The number of hydrogen-bond donors (Lipinski definition) is 0. The van der Waals surface area contributed by atoms with Crippen LogP contribution < -0.4 is 0 Å². The Morgan fingerprint density at radius 3 is 2.57 bits per heavy atom. The molecule has 0 radical (unpaired) electrons. The molecule has 1 saturated heterocycles. The Bertz CT molecular complexity index is 634. The average molecular weight is 287 g/mol. The van der Waals surface area contributed by atoms with Crippen LogP contribution in [0, 0.1) is 19.3 Å². The van der Waals surface area contributed by atoms with Crippen LogP contribution in [0.15, 0.2) is 9.05 Å². The van der Waals surface area contributed by atoms with Crippen LogP contribution in [-0.4, -0.2) is 44.8 Å². The summed E-state index contributed by atoms with van der Waals surface area (Å²) in [4.78, 5) is 10.8. The van der Waals surface area contributed by atoms with Gasteiger partial charge in [0.25, 0.3) is 0 Å². The molecule has 1 fully saturated rings. The maximum absolute atomic E-state index is 5.37. The first-order chi connectivity index (χ1) is 10.2. The molecular weight excluding hydrogens is 270 g/mol. The standard InChI is InChI=1S/C14H17N5O2/c1-3-6-19-7-4-11(5-8-19)14-16-13(18-21-14)9-12-15-10(2)20-17-12/h1,11H,4-9H2,2H3. The molecule has 0 aliphatic carbocycles. The van der Waals surface area contributed by atoms with Crippen LogP contribution in [0.2, 0.25) is 0 Å². The highest BCUT2D eigenvalue weighted by Gasteiger charge is 2.25. The van der Waals surface area contributed by atoms with Crippen LogP contribution in [0.25, 0.3) is 0 Å². The Balaban J connectivity index is 1.59. The summed E-state index contributed by atoms with van der Waals surface area (Å²) in [6.07, 6.45) is 7.74. The minimum absolute atomic E-state index is 0.312. The highest BCUT2D eigenvalue weighted by Crippen LogP contribution is 2.26. The lowest BCUT2D eigenvalue weighted by Crippen LogP contribution is -2.33. The summed E-state index contributed by atoms with van der Waals surface area (Å²) < 4.78 is 10.3. The van der Waals surface area contributed by atoms with E-state index in [0.717, 1.165) is 25.9 Å². The monoisotopic (exact) mass is 287 g/mol. The second-order valence-corrected chi connectivity index (χ2v) is 5.21. The summed E-state index contributed by atoms with van der Waals surface area (Å²) in [6, 6.07) is 0. The van der Waals surface area contributed by atoms with Gasteiger partial charge in [-0.15, -0.1) is 6.42 Å². The lowest BCUT2D eigenvalue weighted by atomic mass is 9.97. The number of terminal acetylenes is 1. The molecule has 3 rings (SSSR count). The number of aromatic nitrogens is 4. The number of nitrogens with zero attached hydrogens (tertiary/aromatic N) is 5. The van der Waals surface area contributed by atoms with Crippen LogP contribution in [0.1, 0.15) is 42.2 Å². The first kappa shape index (κ1) is 13.8. The van der Waals surface area contributed by atoms with Gasteiger partial charge in [-0.2, -0.15) is 9.97 Å². The van der Waals surface area contributed by atoms with Gasteiger partial charge in [0.15, 0.2) is 11.6 Å². The van der Waals surface area contributed by atoms with Gasteiger partial charge >= 0.3 is 0 Å². The molecule has 0 saturated carbocycles. The average Bonchev–Trinajstić information content (AvgIpc) is 3.10. The van der Waals surface area contributed by atoms with Crippen LogP contribution >= 0.6 is 0 Å². The largest absolute Gasteiger partial charge is 0.340 e. The van der Waals surface area contributed by atoms with Gasteiger partial charge in [0.1, 0.15) is 0 Å². The molecule has 2 aromatic rings. The van der Waals surface area contributed by atoms with Crippen molar-refractivity contribution in [1.82, 2.24) is 25.2 Å². The highest BCUT2D eigenvalue weighted by atomic mass is 16.5. The van der Waals surface area contributed by atoms with Gasteiger partial charge in [-0.25, -0.2) is 0 Å². The van der Waals surface area contributed by atoms with Crippen molar-refractivity contribution in [3.8, 4) is 12.3 Å². The molecule has 3 heterocycles. The van der Waals surface area contributed by atoms with Crippen molar-refractivity contribution in [1.29, 1.82) is 0 Å². The fraction of sp³-hybridized carbons (Fsp3) is 0.571. The van der Waals surface area contributed by atoms with E-state index in [-0.39, 0.29) is 0 Å². The lowest BCUT2D eigenvalue weighted by Gasteiger charge is -2.28. The van der Waals surface area contributed by atoms with Gasteiger partial charge in [0.05, 0.1) is 13.0 Å². The summed E-state index contributed by atoms with van der Waals surface area (Å²) >= 11 is 0. The van der Waals surface area contributed by atoms with Gasteiger partial charge in [-0.05, 0) is 25.9 Å². The van der Waals surface area contributed by atoms with Crippen LogP contribution in [0.5, 0.6) is 0 Å². The molecule has 2 aromatic heterocycles. The Morgan fingerprint density at radius 1 is 1.19 bits per heavy atom. The number of likely N-dealkylation sites (tertiary alicyclic amines) is 1. The van der Waals surface area contributed by atoms with E-state index in [1.165, 1.54) is 0 Å². The molecule has 0 unspecified atom stereocenters. The normalized spacial score (nSPS) is 17.0. The van der Waals surface area contributed by atoms with E-state index in [4.69, 9.17) is 15.5 Å². The fourth-order valence-corrected chi connectivity index (χ4v) is 2.53. The van der Waals surface area contributed by atoms with Gasteiger partial charge in [-0.1, -0.05) is 16.2 Å². The molecule has 7 heteroatoms. The molecule has 1 aliphatic rings. The molecule has 0 amide bonds. The molecule has 0 atom stereocenters. The van der Waals surface area contributed by atoms with Crippen LogP contribution in [0.3, 0.4) is 0 Å². The van der Waals surface area contributed by atoms with Crippen LogP contribution in [-0.2, 0) is 6.42 Å². The minimum atomic E-state index is 0.312. The molecule has 0 N–H and O–H groups in total. The molecule has 110 valence electrons. The van der Waals surface area contributed by atoms with E-state index in [2.05, 4.69) is 31.1 Å². The van der Waals surface area contributed by atoms with Gasteiger partial charge in [0, 0.05) is 12.8 Å². The summed E-state index contributed by atoms with van der Waals surface area (Å²) in [5, 5.41) is 7.83. The Labute approximate surface area is 122 Å². The Hall–Kier alpha value is -2.20. The molecule has 0 bridgehead atoms. The summed E-state index contributed by atoms with van der Waals surface area (Å²) in [5.74, 6) is 5.39. The molecule has 1 aliphatic heterocycles. The molecule has 0 spiro atoms. The quantitative estimate of drug-likeness (QED) is 0.780. The zero-order chi connectivity index (χ0) is 14.7. The van der Waals surface area contributed by atoms with Crippen molar-refractivity contribution >= 4 is 0 Å². The third-order valence-corrected chi connectivity index (χ3v) is 3.62. The highest BCUT2D eigenvalue weighted by molar-refractivity contribution is 5.02.